The van der Waals surface area contributed by atoms with Crippen LogP contribution in [0.15, 0.2) is 72.8 Å². The molecule has 0 aromatic heterocycles. The standard InChI is InChI=1S/C36H30O16/c37-22-6-1-17(12-26(22)41)11-21(36(50)52-30(35(48)49)16-19-3-8-24(39)28(43)14-19)32-20(4-9-25(40)33(32)45)5-10-31(44)51-29(34(46)47)15-18-2-7-23(38)27(42)13-18/h1-14,29-30,37-43,45H,15-16H2,(H,46,47)(H,48,49)/b10-5+,21-11+/t29-,30-/m1/s1. The SMILES string of the molecule is O=C(/C=C/c1ccc(O)c(O)c1/C(=C\c1ccc(O)c(O)c1)C(=O)O[C@H](Cc1ccc(O)c(O)c1)C(=O)O)O[C@H](Cc1ccc(O)c(O)c1)C(=O)O. The van der Waals surface area contributed by atoms with E-state index in [-0.39, 0.29) is 22.3 Å². The number of benzene rings is 4. The second kappa shape index (κ2) is 15.9. The molecule has 4 aromatic carbocycles. The molecule has 0 saturated heterocycles. The van der Waals surface area contributed by atoms with Crippen molar-refractivity contribution in [2.45, 2.75) is 25.0 Å². The minimum atomic E-state index is -1.93. The van der Waals surface area contributed by atoms with Crippen molar-refractivity contribution in [3.63, 3.8) is 0 Å². The molecular formula is C36H30O16. The van der Waals surface area contributed by atoms with Crippen molar-refractivity contribution < 1.29 is 79.7 Å². The number of carbonyl (C=O) groups excluding carboxylic acids is 2. The molecule has 270 valence electrons. The highest BCUT2D eigenvalue weighted by atomic mass is 16.6. The molecule has 10 N–H and O–H groups in total. The number of aliphatic carboxylic acids is 2. The Hall–Kier alpha value is -7.36. The average molecular weight is 719 g/mol. The summed E-state index contributed by atoms with van der Waals surface area (Å²) in [6.45, 7) is 0. The fourth-order valence-electron chi connectivity index (χ4n) is 4.76. The third-order valence-corrected chi connectivity index (χ3v) is 7.37. The molecular weight excluding hydrogens is 688 g/mol. The van der Waals surface area contributed by atoms with Crippen molar-refractivity contribution in [3.05, 3.63) is 101 Å². The van der Waals surface area contributed by atoms with E-state index in [0.717, 1.165) is 66.8 Å². The molecule has 0 aliphatic rings. The Balaban J connectivity index is 1.73. The van der Waals surface area contributed by atoms with Gasteiger partial charge in [-0.15, -0.1) is 0 Å². The normalized spacial score (nSPS) is 12.6. The first-order valence-corrected chi connectivity index (χ1v) is 14.9. The zero-order valence-corrected chi connectivity index (χ0v) is 26.6. The number of rotatable bonds is 13. The molecule has 0 bridgehead atoms. The van der Waals surface area contributed by atoms with E-state index in [1.165, 1.54) is 18.2 Å². The van der Waals surface area contributed by atoms with Crippen LogP contribution in [-0.2, 0) is 41.5 Å². The Labute approximate surface area is 292 Å². The Morgan fingerprint density at radius 2 is 1.06 bits per heavy atom. The van der Waals surface area contributed by atoms with Gasteiger partial charge in [0.2, 0.25) is 12.2 Å². The second-order valence-corrected chi connectivity index (χ2v) is 11.1. The van der Waals surface area contributed by atoms with Gasteiger partial charge in [0.15, 0.2) is 46.0 Å². The smallest absolute Gasteiger partial charge is 0.345 e. The Morgan fingerprint density at radius 1 is 0.577 bits per heavy atom. The first kappa shape index (κ1) is 37.5. The molecule has 4 rings (SSSR count). The van der Waals surface area contributed by atoms with E-state index in [4.69, 9.17) is 9.47 Å². The molecule has 2 atom stereocenters. The topological polar surface area (TPSA) is 289 Å². The summed E-state index contributed by atoms with van der Waals surface area (Å²) in [4.78, 5) is 50.5. The molecule has 0 spiro atoms. The average Bonchev–Trinajstić information content (AvgIpc) is 3.08. The summed E-state index contributed by atoms with van der Waals surface area (Å²) >= 11 is 0. The van der Waals surface area contributed by atoms with Crippen LogP contribution in [0, 0.1) is 0 Å². The van der Waals surface area contributed by atoms with Crippen LogP contribution < -0.4 is 0 Å². The fraction of sp³-hybridized carbons (Fsp3) is 0.111. The molecule has 0 aliphatic carbocycles. The lowest BCUT2D eigenvalue weighted by atomic mass is 9.95. The number of hydrogen-bond donors (Lipinski definition) is 10. The van der Waals surface area contributed by atoms with E-state index >= 15 is 0 Å². The molecule has 0 unspecified atom stereocenters. The number of ether oxygens (including phenoxy) is 2. The maximum Gasteiger partial charge on any atom is 0.345 e. The first-order chi connectivity index (χ1) is 24.5. The highest BCUT2D eigenvalue weighted by Crippen LogP contribution is 2.39. The third kappa shape index (κ3) is 9.20. The van der Waals surface area contributed by atoms with Crippen molar-refractivity contribution in [1.82, 2.24) is 0 Å². The van der Waals surface area contributed by atoms with Gasteiger partial charge in [-0.2, -0.15) is 0 Å². The van der Waals surface area contributed by atoms with E-state index in [9.17, 15) is 70.2 Å². The Kier molecular flexibility index (Phi) is 11.5. The summed E-state index contributed by atoms with van der Waals surface area (Å²) in [5, 5.41) is 99.3. The monoisotopic (exact) mass is 718 g/mol. The van der Waals surface area contributed by atoms with Crippen LogP contribution in [-0.4, -0.2) is 87.2 Å². The van der Waals surface area contributed by atoms with E-state index < -0.39 is 106 Å². The van der Waals surface area contributed by atoms with Gasteiger partial charge in [0.1, 0.15) is 0 Å². The molecule has 0 fully saturated rings. The maximum atomic E-state index is 13.8. The van der Waals surface area contributed by atoms with Crippen LogP contribution in [0.3, 0.4) is 0 Å². The van der Waals surface area contributed by atoms with Crippen LogP contribution in [0.5, 0.6) is 46.0 Å². The first-order valence-electron chi connectivity index (χ1n) is 14.9. The Bertz CT molecular complexity index is 2100. The number of carbonyl (C=O) groups is 4. The largest absolute Gasteiger partial charge is 0.504 e. The summed E-state index contributed by atoms with van der Waals surface area (Å²) in [7, 11) is 0. The number of aromatic hydroxyl groups is 8. The molecule has 4 aromatic rings. The fourth-order valence-corrected chi connectivity index (χ4v) is 4.76. The predicted octanol–water partition coefficient (Wildman–Crippen LogP) is 3.36. The van der Waals surface area contributed by atoms with E-state index in [0.29, 0.717) is 0 Å². The minimum absolute atomic E-state index is 0.000712. The molecule has 16 nitrogen and oxygen atoms in total. The summed E-state index contributed by atoms with van der Waals surface area (Å²) < 4.78 is 10.3. The number of carboxylic acid groups (broad SMARTS) is 2. The minimum Gasteiger partial charge on any atom is -0.504 e. The van der Waals surface area contributed by atoms with E-state index in [1.807, 2.05) is 0 Å². The van der Waals surface area contributed by atoms with Crippen LogP contribution in [0.4, 0.5) is 0 Å². The lowest BCUT2D eigenvalue weighted by Crippen LogP contribution is -2.29. The predicted molar refractivity (Wildman–Crippen MR) is 178 cm³/mol. The number of esters is 2. The van der Waals surface area contributed by atoms with Crippen molar-refractivity contribution in [2.24, 2.45) is 0 Å². The molecule has 0 heterocycles. The van der Waals surface area contributed by atoms with Crippen LogP contribution in [0.25, 0.3) is 17.7 Å². The van der Waals surface area contributed by atoms with Gasteiger partial charge < -0.3 is 60.5 Å². The quantitative estimate of drug-likeness (QED) is 0.0410. The number of phenolic OH excluding ortho intramolecular Hbond substituents is 8. The van der Waals surface area contributed by atoms with Gasteiger partial charge in [0.05, 0.1) is 5.57 Å². The zero-order valence-electron chi connectivity index (χ0n) is 26.6. The van der Waals surface area contributed by atoms with Crippen molar-refractivity contribution in [3.8, 4) is 46.0 Å². The number of phenols is 8. The third-order valence-electron chi connectivity index (χ3n) is 7.37. The van der Waals surface area contributed by atoms with Gasteiger partial charge in [-0.25, -0.2) is 19.2 Å². The lowest BCUT2D eigenvalue weighted by molar-refractivity contribution is -0.160. The number of hydrogen-bond acceptors (Lipinski definition) is 14. The molecule has 0 radical (unpaired) electrons. The number of carboxylic acids is 2. The molecule has 0 saturated carbocycles. The second-order valence-electron chi connectivity index (χ2n) is 11.1. The summed E-state index contributed by atoms with van der Waals surface area (Å²) in [5.74, 6) is -10.8. The van der Waals surface area contributed by atoms with Gasteiger partial charge in [0.25, 0.3) is 0 Å². The molecule has 52 heavy (non-hydrogen) atoms. The maximum absolute atomic E-state index is 13.8. The summed E-state index contributed by atoms with van der Waals surface area (Å²) in [6.07, 6.45) is -1.92. The lowest BCUT2D eigenvalue weighted by Gasteiger charge is -2.18. The van der Waals surface area contributed by atoms with Crippen LogP contribution in [0.2, 0.25) is 0 Å². The van der Waals surface area contributed by atoms with Gasteiger partial charge in [-0.3, -0.25) is 0 Å². The van der Waals surface area contributed by atoms with E-state index in [2.05, 4.69) is 0 Å². The Morgan fingerprint density at radius 3 is 1.56 bits per heavy atom. The van der Waals surface area contributed by atoms with Gasteiger partial charge in [-0.1, -0.05) is 24.3 Å². The van der Waals surface area contributed by atoms with Gasteiger partial charge in [-0.05, 0) is 76.9 Å². The van der Waals surface area contributed by atoms with Gasteiger partial charge in [0, 0.05) is 24.5 Å². The van der Waals surface area contributed by atoms with Gasteiger partial charge >= 0.3 is 23.9 Å². The summed E-state index contributed by atoms with van der Waals surface area (Å²) in [5.41, 5.74) is -1.03. The zero-order chi connectivity index (χ0) is 38.3. The van der Waals surface area contributed by atoms with Crippen molar-refractivity contribution in [2.75, 3.05) is 0 Å². The van der Waals surface area contributed by atoms with Crippen LogP contribution in [0.1, 0.15) is 27.8 Å². The highest BCUT2D eigenvalue weighted by Gasteiger charge is 2.29. The van der Waals surface area contributed by atoms with Crippen molar-refractivity contribution in [1.29, 1.82) is 0 Å². The highest BCUT2D eigenvalue weighted by molar-refractivity contribution is 6.24. The molecule has 0 amide bonds. The molecule has 16 heteroatoms. The summed E-state index contributed by atoms with van der Waals surface area (Å²) in [6, 6.07) is 12.3. The molecule has 0 aliphatic heterocycles. The van der Waals surface area contributed by atoms with Crippen molar-refractivity contribution >= 4 is 41.6 Å². The van der Waals surface area contributed by atoms with Crippen LogP contribution >= 0.6 is 0 Å². The van der Waals surface area contributed by atoms with E-state index in [1.54, 1.807) is 0 Å².